The van der Waals surface area contributed by atoms with Crippen molar-refractivity contribution in [3.05, 3.63) is 92.7 Å². The summed E-state index contributed by atoms with van der Waals surface area (Å²) in [5, 5.41) is 5.12. The molecule has 6 nitrogen and oxygen atoms in total. The Kier molecular flexibility index (Phi) is 7.88. The number of ether oxygens (including phenoxy) is 1. The van der Waals surface area contributed by atoms with Gasteiger partial charge in [-0.3, -0.25) is 0 Å². The summed E-state index contributed by atoms with van der Waals surface area (Å²) >= 11 is 18.4. The molecule has 0 spiro atoms. The van der Waals surface area contributed by atoms with Crippen molar-refractivity contribution in [1.82, 2.24) is 10.1 Å². The lowest BCUT2D eigenvalue weighted by Crippen LogP contribution is -2.34. The summed E-state index contributed by atoms with van der Waals surface area (Å²) in [4.78, 5) is -0.574. The van der Waals surface area contributed by atoms with Crippen molar-refractivity contribution < 1.29 is 17.5 Å². The first-order valence-electron chi connectivity index (χ1n) is 10.6. The predicted octanol–water partition coefficient (Wildman–Crippen LogP) is 6.29. The van der Waals surface area contributed by atoms with Gasteiger partial charge >= 0.3 is 0 Å². The molecule has 0 fully saturated rings. The van der Waals surface area contributed by atoms with Crippen molar-refractivity contribution in [3.63, 3.8) is 0 Å². The molecule has 184 valence electrons. The Morgan fingerprint density at radius 1 is 1.09 bits per heavy atom. The van der Waals surface area contributed by atoms with Gasteiger partial charge in [0.05, 0.1) is 24.4 Å². The largest absolute Gasteiger partial charge is 0.494 e. The number of halogens is 4. The molecule has 3 aromatic carbocycles. The molecule has 0 saturated heterocycles. The van der Waals surface area contributed by atoms with E-state index in [2.05, 4.69) is 15.2 Å². The van der Waals surface area contributed by atoms with Gasteiger partial charge in [-0.15, -0.1) is 0 Å². The molecule has 0 aliphatic carbocycles. The Bertz CT molecular complexity index is 1370. The van der Waals surface area contributed by atoms with E-state index in [9.17, 15) is 12.8 Å². The van der Waals surface area contributed by atoms with E-state index in [1.54, 1.807) is 12.1 Å². The van der Waals surface area contributed by atoms with Crippen LogP contribution in [0.15, 0.2) is 70.7 Å². The van der Waals surface area contributed by atoms with Gasteiger partial charge in [0.1, 0.15) is 16.5 Å². The van der Waals surface area contributed by atoms with Crippen molar-refractivity contribution in [2.24, 2.45) is 5.10 Å². The zero-order valence-corrected chi connectivity index (χ0v) is 21.5. The highest BCUT2D eigenvalue weighted by molar-refractivity contribution is 7.89. The Morgan fingerprint density at radius 2 is 1.77 bits per heavy atom. The van der Waals surface area contributed by atoms with Gasteiger partial charge in [0, 0.05) is 21.5 Å². The molecular formula is C24H21Cl3FN3O3S. The van der Waals surface area contributed by atoms with E-state index in [1.165, 1.54) is 12.1 Å². The van der Waals surface area contributed by atoms with Crippen LogP contribution >= 0.6 is 34.8 Å². The minimum atomic E-state index is -4.35. The average Bonchev–Trinajstić information content (AvgIpc) is 3.30. The summed E-state index contributed by atoms with van der Waals surface area (Å²) in [5.74, 6) is -0.181. The third kappa shape index (κ3) is 5.90. The topological polar surface area (TPSA) is 79.8 Å². The van der Waals surface area contributed by atoms with Gasteiger partial charge in [-0.25, -0.2) is 12.8 Å². The van der Waals surface area contributed by atoms with Crippen LogP contribution in [0, 0.1) is 5.82 Å². The van der Waals surface area contributed by atoms with E-state index >= 15 is 0 Å². The van der Waals surface area contributed by atoms with Crippen LogP contribution in [0.4, 0.5) is 4.39 Å². The first-order chi connectivity index (χ1) is 16.7. The molecule has 3 aromatic rings. The lowest BCUT2D eigenvalue weighted by molar-refractivity contribution is 0.340. The highest BCUT2D eigenvalue weighted by atomic mass is 35.5. The van der Waals surface area contributed by atoms with E-state index in [4.69, 9.17) is 39.5 Å². The van der Waals surface area contributed by atoms with Crippen molar-refractivity contribution >= 4 is 50.5 Å². The second-order valence-corrected chi connectivity index (χ2v) is 10.7. The minimum Gasteiger partial charge on any atom is -0.494 e. The summed E-state index contributed by atoms with van der Waals surface area (Å²) in [5.41, 5.74) is 4.89. The quantitative estimate of drug-likeness (QED) is 0.341. The Balaban J connectivity index is 1.66. The Morgan fingerprint density at radius 3 is 2.46 bits per heavy atom. The molecule has 0 bridgehead atoms. The normalized spacial score (nSPS) is 16.5. The molecule has 1 aliphatic heterocycles. The number of benzene rings is 3. The van der Waals surface area contributed by atoms with Gasteiger partial charge in [-0.05, 0) is 60.5 Å². The highest BCUT2D eigenvalue weighted by Gasteiger charge is 2.33. The van der Waals surface area contributed by atoms with Crippen LogP contribution < -0.4 is 14.9 Å². The molecule has 4 rings (SSSR count). The summed E-state index contributed by atoms with van der Waals surface area (Å²) in [6.07, 6.45) is 0.373. The van der Waals surface area contributed by atoms with Crippen LogP contribution in [0.1, 0.15) is 36.6 Å². The zero-order valence-electron chi connectivity index (χ0n) is 18.4. The second kappa shape index (κ2) is 10.7. The van der Waals surface area contributed by atoms with Gasteiger partial charge in [-0.2, -0.15) is 9.82 Å². The van der Waals surface area contributed by atoms with Crippen LogP contribution in [0.5, 0.6) is 5.75 Å². The molecule has 2 atom stereocenters. The fourth-order valence-corrected chi connectivity index (χ4v) is 5.81. The first-order valence-corrected chi connectivity index (χ1v) is 13.3. The summed E-state index contributed by atoms with van der Waals surface area (Å²) in [7, 11) is -4.35. The molecule has 0 aromatic heterocycles. The summed E-state index contributed by atoms with van der Waals surface area (Å²) in [6.45, 7) is 2.47. The van der Waals surface area contributed by atoms with Crippen LogP contribution in [0.3, 0.4) is 0 Å². The van der Waals surface area contributed by atoms with Gasteiger partial charge < -0.3 is 10.2 Å². The van der Waals surface area contributed by atoms with Gasteiger partial charge in [0.2, 0.25) is 10.0 Å². The number of sulfonamides is 1. The smallest absolute Gasteiger partial charge is 0.244 e. The van der Waals surface area contributed by atoms with E-state index < -0.39 is 26.8 Å². The molecule has 35 heavy (non-hydrogen) atoms. The number of hydrogen-bond acceptors (Lipinski definition) is 5. The number of hydrogen-bond donors (Lipinski definition) is 2. The molecule has 0 saturated carbocycles. The summed E-state index contributed by atoms with van der Waals surface area (Å²) in [6, 6.07) is 14.4. The predicted molar refractivity (Wildman–Crippen MR) is 136 cm³/mol. The maximum atomic E-state index is 14.4. The Labute approximate surface area is 218 Å². The van der Waals surface area contributed by atoms with E-state index in [1.807, 2.05) is 31.2 Å². The number of nitrogens with one attached hydrogen (secondary N) is 2. The minimum absolute atomic E-state index is 0.0864. The maximum absolute atomic E-state index is 14.4. The lowest BCUT2D eigenvalue weighted by atomic mass is 9.96. The van der Waals surface area contributed by atoms with Crippen LogP contribution in [0.2, 0.25) is 15.1 Å². The van der Waals surface area contributed by atoms with Crippen LogP contribution in [-0.4, -0.2) is 20.7 Å². The number of rotatable bonds is 8. The second-order valence-electron chi connectivity index (χ2n) is 7.79. The molecule has 2 unspecified atom stereocenters. The van der Waals surface area contributed by atoms with Crippen molar-refractivity contribution in [2.45, 2.75) is 30.3 Å². The van der Waals surface area contributed by atoms with Gasteiger partial charge in [0.25, 0.3) is 0 Å². The van der Waals surface area contributed by atoms with E-state index in [0.717, 1.165) is 23.4 Å². The van der Waals surface area contributed by atoms with Crippen molar-refractivity contribution in [2.75, 3.05) is 6.61 Å². The maximum Gasteiger partial charge on any atom is 0.244 e. The van der Waals surface area contributed by atoms with Crippen LogP contribution in [-0.2, 0) is 10.0 Å². The SMILES string of the molecule is CCOc1ccc(C2CC(C(NS(=O)(=O)c3cc(Cl)ccc3F)c3ccc(Cl)cc3Cl)=NN2)cc1. The fraction of sp³-hybridized carbons (Fsp3) is 0.208. The average molecular weight is 557 g/mol. The molecule has 1 aliphatic rings. The number of hydrazone groups is 1. The fourth-order valence-electron chi connectivity index (χ4n) is 3.75. The van der Waals surface area contributed by atoms with Gasteiger partial charge in [-0.1, -0.05) is 53.0 Å². The van der Waals surface area contributed by atoms with E-state index in [0.29, 0.717) is 29.3 Å². The molecule has 0 amide bonds. The van der Waals surface area contributed by atoms with Gasteiger partial charge in [0.15, 0.2) is 0 Å². The molecule has 0 radical (unpaired) electrons. The molecule has 11 heteroatoms. The van der Waals surface area contributed by atoms with Crippen LogP contribution in [0.25, 0.3) is 0 Å². The van der Waals surface area contributed by atoms with Crippen molar-refractivity contribution in [1.29, 1.82) is 0 Å². The number of nitrogens with zero attached hydrogens (tertiary/aromatic N) is 1. The van der Waals surface area contributed by atoms with E-state index in [-0.39, 0.29) is 16.1 Å². The molecule has 2 N–H and O–H groups in total. The third-order valence-electron chi connectivity index (χ3n) is 5.43. The molecule has 1 heterocycles. The molecular weight excluding hydrogens is 536 g/mol. The highest BCUT2D eigenvalue weighted by Crippen LogP contribution is 2.34. The Hall–Kier alpha value is -2.36. The monoisotopic (exact) mass is 555 g/mol. The standard InChI is InChI=1S/C24H21Cl3FN3O3S/c1-2-34-17-7-3-14(4-8-17)21-13-22(30-29-21)24(18-9-5-15(25)11-19(18)27)31-35(32,33)23-12-16(26)6-10-20(23)28/h3-12,21,24,29,31H,2,13H2,1H3. The third-order valence-corrected chi connectivity index (χ3v) is 7.67. The summed E-state index contributed by atoms with van der Waals surface area (Å²) < 4.78 is 48.9. The lowest BCUT2D eigenvalue weighted by Gasteiger charge is -2.21. The zero-order chi connectivity index (χ0) is 25.2. The first kappa shape index (κ1) is 25.7. The van der Waals surface area contributed by atoms with Crippen molar-refractivity contribution in [3.8, 4) is 5.75 Å².